The van der Waals surface area contributed by atoms with Crippen LogP contribution in [0.2, 0.25) is 0 Å². The fourth-order valence-corrected chi connectivity index (χ4v) is 3.05. The van der Waals surface area contributed by atoms with Gasteiger partial charge in [-0.1, -0.05) is 13.8 Å². The summed E-state index contributed by atoms with van der Waals surface area (Å²) >= 11 is 1.56. The minimum absolute atomic E-state index is 0.315. The Labute approximate surface area is 153 Å². The first-order valence-corrected chi connectivity index (χ1v) is 9.15. The average molecular weight is 372 g/mol. The quantitative estimate of drug-likeness (QED) is 0.768. The predicted octanol–water partition coefficient (Wildman–Crippen LogP) is 3.06. The van der Waals surface area contributed by atoms with Crippen molar-refractivity contribution in [1.29, 1.82) is 0 Å². The van der Waals surface area contributed by atoms with Gasteiger partial charge >= 0.3 is 12.0 Å². The molecule has 1 aromatic rings. The maximum atomic E-state index is 12.3. The molecule has 1 heterocycles. The van der Waals surface area contributed by atoms with Crippen LogP contribution in [0.15, 0.2) is 5.38 Å². The van der Waals surface area contributed by atoms with E-state index in [2.05, 4.69) is 24.1 Å². The second-order valence-corrected chi connectivity index (χ2v) is 8.28. The van der Waals surface area contributed by atoms with E-state index < -0.39 is 29.7 Å². The molecule has 0 saturated carbocycles. The monoisotopic (exact) mass is 371 g/mol. The number of hydrogen-bond donors (Lipinski definition) is 2. The van der Waals surface area contributed by atoms with E-state index >= 15 is 0 Å². The molecule has 0 aliphatic carbocycles. The molecule has 7 nitrogen and oxygen atoms in total. The summed E-state index contributed by atoms with van der Waals surface area (Å²) in [6.07, 6.45) is -0.665. The van der Waals surface area contributed by atoms with Crippen LogP contribution in [0.5, 0.6) is 0 Å². The van der Waals surface area contributed by atoms with Crippen molar-refractivity contribution >= 4 is 23.3 Å². The molecular formula is C17H29N3O4S. The third-order valence-electron chi connectivity index (χ3n) is 3.36. The Bertz CT molecular complexity index is 595. The molecular weight excluding hydrogens is 342 g/mol. The number of carboxylic acid groups (broad SMARTS) is 1. The Morgan fingerprint density at radius 2 is 1.96 bits per heavy atom. The molecule has 0 aromatic carbocycles. The van der Waals surface area contributed by atoms with Crippen LogP contribution in [-0.2, 0) is 16.1 Å². The lowest BCUT2D eigenvalue weighted by Crippen LogP contribution is -2.53. The summed E-state index contributed by atoms with van der Waals surface area (Å²) in [7, 11) is 1.61. The number of aliphatic carboxylic acids is 1. The zero-order valence-corrected chi connectivity index (χ0v) is 16.8. The number of urea groups is 1. The zero-order chi connectivity index (χ0) is 19.4. The fraction of sp³-hybridized carbons (Fsp3) is 0.706. The predicted molar refractivity (Wildman–Crippen MR) is 97.9 cm³/mol. The molecule has 2 amide bonds. The van der Waals surface area contributed by atoms with Crippen LogP contribution in [0.25, 0.3) is 0 Å². The van der Waals surface area contributed by atoms with Crippen molar-refractivity contribution in [1.82, 2.24) is 15.2 Å². The number of nitrogens with one attached hydrogen (secondary N) is 1. The van der Waals surface area contributed by atoms with Crippen LogP contribution in [0, 0.1) is 0 Å². The molecule has 0 radical (unpaired) electrons. The molecule has 0 aliphatic rings. The Kier molecular flexibility index (Phi) is 7.37. The average Bonchev–Trinajstić information content (AvgIpc) is 2.90. The van der Waals surface area contributed by atoms with E-state index in [1.165, 1.54) is 4.90 Å². The first-order chi connectivity index (χ1) is 11.4. The van der Waals surface area contributed by atoms with Crippen molar-refractivity contribution in [3.05, 3.63) is 16.1 Å². The van der Waals surface area contributed by atoms with E-state index in [-0.39, 0.29) is 0 Å². The van der Waals surface area contributed by atoms with E-state index in [0.29, 0.717) is 12.5 Å². The lowest BCUT2D eigenvalue weighted by atomic mass is 10.1. The lowest BCUT2D eigenvalue weighted by Gasteiger charge is -2.30. The number of carboxylic acids is 1. The van der Waals surface area contributed by atoms with Crippen LogP contribution in [0.1, 0.15) is 58.2 Å². The number of rotatable bonds is 7. The number of hydrogen-bond acceptors (Lipinski definition) is 5. The Morgan fingerprint density at radius 3 is 2.40 bits per heavy atom. The summed E-state index contributed by atoms with van der Waals surface area (Å²) in [5, 5.41) is 14.9. The highest BCUT2D eigenvalue weighted by molar-refractivity contribution is 7.09. The van der Waals surface area contributed by atoms with E-state index in [4.69, 9.17) is 4.74 Å². The van der Waals surface area contributed by atoms with Gasteiger partial charge in [-0.05, 0) is 27.7 Å². The lowest BCUT2D eigenvalue weighted by molar-refractivity contribution is -0.146. The molecule has 1 rings (SSSR count). The zero-order valence-electron chi connectivity index (χ0n) is 16.0. The summed E-state index contributed by atoms with van der Waals surface area (Å²) in [5.41, 5.74) is 0.287. The van der Waals surface area contributed by atoms with Gasteiger partial charge in [0, 0.05) is 18.3 Å². The highest BCUT2D eigenvalue weighted by Crippen LogP contribution is 2.20. The minimum atomic E-state index is -1.13. The van der Waals surface area contributed by atoms with E-state index in [0.717, 1.165) is 10.7 Å². The van der Waals surface area contributed by atoms with Gasteiger partial charge in [-0.25, -0.2) is 14.6 Å². The number of carbonyl (C=O) groups excluding carboxylic acids is 1. The molecule has 25 heavy (non-hydrogen) atoms. The van der Waals surface area contributed by atoms with Gasteiger partial charge < -0.3 is 20.1 Å². The maximum absolute atomic E-state index is 12.3. The Hall–Kier alpha value is -1.67. The molecule has 1 aromatic heterocycles. The van der Waals surface area contributed by atoms with Gasteiger partial charge in [-0.2, -0.15) is 0 Å². The molecule has 0 saturated heterocycles. The van der Waals surface area contributed by atoms with Crippen LogP contribution >= 0.6 is 11.3 Å². The van der Waals surface area contributed by atoms with Crippen LogP contribution < -0.4 is 5.32 Å². The van der Waals surface area contributed by atoms with Crippen molar-refractivity contribution in [3.63, 3.8) is 0 Å². The van der Waals surface area contributed by atoms with Crippen LogP contribution in [0.3, 0.4) is 0 Å². The van der Waals surface area contributed by atoms with E-state index in [9.17, 15) is 14.7 Å². The van der Waals surface area contributed by atoms with Gasteiger partial charge in [0.2, 0.25) is 0 Å². The molecule has 8 heteroatoms. The number of amides is 2. The fourth-order valence-electron chi connectivity index (χ4n) is 2.22. The summed E-state index contributed by atoms with van der Waals surface area (Å²) in [5.74, 6) is -0.793. The Morgan fingerprint density at radius 1 is 1.36 bits per heavy atom. The summed E-state index contributed by atoms with van der Waals surface area (Å²) < 4.78 is 5.66. The Balaban J connectivity index is 2.70. The van der Waals surface area contributed by atoms with Crippen molar-refractivity contribution in [3.8, 4) is 0 Å². The topological polar surface area (TPSA) is 91.8 Å². The number of aromatic nitrogens is 1. The molecule has 0 fully saturated rings. The summed E-state index contributed by atoms with van der Waals surface area (Å²) in [6.45, 7) is 11.6. The van der Waals surface area contributed by atoms with Gasteiger partial charge in [0.1, 0.15) is 0 Å². The number of nitrogens with zero attached hydrogens (tertiary/aromatic N) is 2. The smallest absolute Gasteiger partial charge is 0.328 e. The first kappa shape index (κ1) is 21.4. The number of carbonyl (C=O) groups is 2. The molecule has 0 spiro atoms. The normalized spacial score (nSPS) is 14.2. The van der Waals surface area contributed by atoms with E-state index in [1.807, 2.05) is 26.2 Å². The molecule has 0 aliphatic heterocycles. The standard InChI is InChI=1S/C17H29N3O4S/c1-10(2)14-18-12(9-25-14)8-20(7)16(23)19-13(15(21)22)11(3)24-17(4,5)6/h9-11,13H,8H2,1-7H3,(H,19,23)(H,21,22)/t11?,13-/m1/s1. The van der Waals surface area contributed by atoms with Crippen LogP contribution in [0.4, 0.5) is 4.79 Å². The largest absolute Gasteiger partial charge is 0.480 e. The maximum Gasteiger partial charge on any atom is 0.328 e. The van der Waals surface area contributed by atoms with Gasteiger partial charge in [0.25, 0.3) is 0 Å². The van der Waals surface area contributed by atoms with Crippen LogP contribution in [-0.4, -0.2) is 51.8 Å². The SMILES string of the molecule is CC(C)c1nc(CN(C)C(=O)N[C@@H](C(=O)O)C(C)OC(C)(C)C)cs1. The highest BCUT2D eigenvalue weighted by atomic mass is 32.1. The third kappa shape index (κ3) is 6.99. The second kappa shape index (κ2) is 8.62. The summed E-state index contributed by atoms with van der Waals surface area (Å²) in [4.78, 5) is 29.7. The van der Waals surface area contributed by atoms with Crippen molar-refractivity contribution in [2.24, 2.45) is 0 Å². The van der Waals surface area contributed by atoms with Gasteiger partial charge in [-0.15, -0.1) is 11.3 Å². The molecule has 1 unspecified atom stereocenters. The van der Waals surface area contributed by atoms with E-state index in [1.54, 1.807) is 25.3 Å². The number of ether oxygens (including phenoxy) is 1. The third-order valence-corrected chi connectivity index (χ3v) is 4.56. The second-order valence-electron chi connectivity index (χ2n) is 7.39. The van der Waals surface area contributed by atoms with Crippen molar-refractivity contribution in [2.45, 2.75) is 71.8 Å². The van der Waals surface area contributed by atoms with Crippen molar-refractivity contribution < 1.29 is 19.4 Å². The molecule has 142 valence electrons. The minimum Gasteiger partial charge on any atom is -0.480 e. The van der Waals surface area contributed by atoms with Gasteiger partial charge in [0.15, 0.2) is 6.04 Å². The molecule has 2 N–H and O–H groups in total. The van der Waals surface area contributed by atoms with Gasteiger partial charge in [-0.3, -0.25) is 0 Å². The van der Waals surface area contributed by atoms with Gasteiger partial charge in [0.05, 0.1) is 29.0 Å². The highest BCUT2D eigenvalue weighted by Gasteiger charge is 2.31. The first-order valence-electron chi connectivity index (χ1n) is 8.27. The van der Waals surface area contributed by atoms with Crippen molar-refractivity contribution in [2.75, 3.05) is 7.05 Å². The number of thiazole rings is 1. The summed E-state index contributed by atoms with van der Waals surface area (Å²) in [6, 6.07) is -1.60. The molecule has 0 bridgehead atoms. The molecule has 2 atom stereocenters.